The molecule has 0 unspecified atom stereocenters. The van der Waals surface area contributed by atoms with E-state index in [1.807, 2.05) is 22.5 Å². The van der Waals surface area contributed by atoms with E-state index in [0.29, 0.717) is 13.2 Å². The number of carbonyl (C=O) groups excluding carboxylic acids is 1. The van der Waals surface area contributed by atoms with Gasteiger partial charge in [0.15, 0.2) is 5.13 Å². The number of aromatic nitrogens is 3. The maximum Gasteiger partial charge on any atom is 0.328 e. The Morgan fingerprint density at radius 1 is 1.50 bits per heavy atom. The summed E-state index contributed by atoms with van der Waals surface area (Å²) in [6.45, 7) is 1.80. The van der Waals surface area contributed by atoms with Gasteiger partial charge in [0, 0.05) is 30.5 Å². The molecular weight excluding hydrogens is 276 g/mol. The first-order valence-corrected chi connectivity index (χ1v) is 7.53. The maximum atomic E-state index is 12.2. The normalized spacial score (nSPS) is 18.4. The SMILES string of the molecule is O=C(OCCn1cccn1)[C@@H]1CCCN1c1nccs1. The Balaban J connectivity index is 1.53. The highest BCUT2D eigenvalue weighted by Gasteiger charge is 2.33. The standard InChI is InChI=1S/C13H16N4O2S/c18-12(19-9-8-16-6-2-4-15-16)11-3-1-7-17(11)13-14-5-10-20-13/h2,4-6,10-11H,1,3,7-9H2/t11-/m0/s1. The fourth-order valence-corrected chi connectivity index (χ4v) is 3.09. The molecule has 0 aromatic carbocycles. The van der Waals surface area contributed by atoms with Crippen molar-refractivity contribution >= 4 is 22.4 Å². The van der Waals surface area contributed by atoms with Crippen LogP contribution in [0.3, 0.4) is 0 Å². The predicted molar refractivity (Wildman–Crippen MR) is 75.7 cm³/mol. The Kier molecular flexibility index (Phi) is 3.96. The molecule has 3 heterocycles. The fourth-order valence-electron chi connectivity index (χ4n) is 2.37. The molecule has 6 nitrogen and oxygen atoms in total. The first-order chi connectivity index (χ1) is 9.84. The van der Waals surface area contributed by atoms with E-state index in [4.69, 9.17) is 4.74 Å². The molecule has 0 amide bonds. The number of nitrogens with zero attached hydrogens (tertiary/aromatic N) is 4. The number of rotatable bonds is 5. The Bertz CT molecular complexity index is 541. The van der Waals surface area contributed by atoms with Crippen LogP contribution >= 0.6 is 11.3 Å². The van der Waals surface area contributed by atoms with E-state index >= 15 is 0 Å². The number of ether oxygens (including phenoxy) is 1. The summed E-state index contributed by atoms with van der Waals surface area (Å²) in [6.07, 6.45) is 7.16. The Hall–Kier alpha value is -1.89. The van der Waals surface area contributed by atoms with Gasteiger partial charge in [-0.2, -0.15) is 5.10 Å². The number of esters is 1. The van der Waals surface area contributed by atoms with Crippen LogP contribution in [0.15, 0.2) is 30.0 Å². The molecule has 0 radical (unpaired) electrons. The highest BCUT2D eigenvalue weighted by atomic mass is 32.1. The molecule has 0 saturated carbocycles. The first-order valence-electron chi connectivity index (χ1n) is 6.65. The van der Waals surface area contributed by atoms with E-state index in [1.165, 1.54) is 0 Å². The summed E-state index contributed by atoms with van der Waals surface area (Å²) >= 11 is 1.56. The van der Waals surface area contributed by atoms with Crippen molar-refractivity contribution in [2.45, 2.75) is 25.4 Å². The van der Waals surface area contributed by atoms with Crippen LogP contribution in [0.4, 0.5) is 5.13 Å². The lowest BCUT2D eigenvalue weighted by molar-refractivity contribution is -0.145. The Morgan fingerprint density at radius 3 is 3.20 bits per heavy atom. The molecule has 0 spiro atoms. The zero-order chi connectivity index (χ0) is 13.8. The third-order valence-corrected chi connectivity index (χ3v) is 4.12. The van der Waals surface area contributed by atoms with Crippen molar-refractivity contribution in [1.82, 2.24) is 14.8 Å². The van der Waals surface area contributed by atoms with Gasteiger partial charge in [0.25, 0.3) is 0 Å². The van der Waals surface area contributed by atoms with E-state index in [2.05, 4.69) is 10.1 Å². The minimum Gasteiger partial charge on any atom is -0.462 e. The zero-order valence-corrected chi connectivity index (χ0v) is 11.8. The van der Waals surface area contributed by atoms with E-state index in [0.717, 1.165) is 24.5 Å². The average Bonchev–Trinajstić information content (AvgIpc) is 3.19. The minimum absolute atomic E-state index is 0.162. The highest BCUT2D eigenvalue weighted by molar-refractivity contribution is 7.13. The quantitative estimate of drug-likeness (QED) is 0.783. The van der Waals surface area contributed by atoms with Gasteiger partial charge in [-0.3, -0.25) is 4.68 Å². The summed E-state index contributed by atoms with van der Waals surface area (Å²) in [7, 11) is 0. The van der Waals surface area contributed by atoms with Crippen molar-refractivity contribution < 1.29 is 9.53 Å². The summed E-state index contributed by atoms with van der Waals surface area (Å²) < 4.78 is 7.11. The predicted octanol–water partition coefficient (Wildman–Crippen LogP) is 1.55. The molecule has 2 aromatic heterocycles. The molecule has 106 valence electrons. The summed E-state index contributed by atoms with van der Waals surface area (Å²) in [5, 5.41) is 6.90. The van der Waals surface area contributed by atoms with Crippen LogP contribution in [0, 0.1) is 0 Å². The molecule has 2 aromatic rings. The third-order valence-electron chi connectivity index (χ3n) is 3.31. The van der Waals surface area contributed by atoms with Gasteiger partial charge >= 0.3 is 5.97 Å². The number of anilines is 1. The maximum absolute atomic E-state index is 12.2. The van der Waals surface area contributed by atoms with Crippen molar-refractivity contribution in [1.29, 1.82) is 0 Å². The number of thiazole rings is 1. The van der Waals surface area contributed by atoms with Crippen LogP contribution in [-0.4, -0.2) is 39.9 Å². The lowest BCUT2D eigenvalue weighted by atomic mass is 10.2. The fraction of sp³-hybridized carbons (Fsp3) is 0.462. The van der Waals surface area contributed by atoms with Gasteiger partial charge < -0.3 is 9.64 Å². The van der Waals surface area contributed by atoms with Gasteiger partial charge in [0.1, 0.15) is 12.6 Å². The molecule has 1 aliphatic heterocycles. The summed E-state index contributed by atoms with van der Waals surface area (Å²) in [4.78, 5) is 18.5. The molecule has 1 aliphatic rings. The van der Waals surface area contributed by atoms with E-state index in [9.17, 15) is 4.79 Å². The molecule has 3 rings (SSSR count). The molecular formula is C13H16N4O2S. The van der Waals surface area contributed by atoms with E-state index in [-0.39, 0.29) is 12.0 Å². The van der Waals surface area contributed by atoms with Crippen LogP contribution in [0.1, 0.15) is 12.8 Å². The van der Waals surface area contributed by atoms with Crippen LogP contribution < -0.4 is 4.90 Å². The monoisotopic (exact) mass is 292 g/mol. The smallest absolute Gasteiger partial charge is 0.328 e. The summed E-state index contributed by atoms with van der Waals surface area (Å²) in [5.74, 6) is -0.162. The van der Waals surface area contributed by atoms with Crippen molar-refractivity contribution in [3.05, 3.63) is 30.0 Å². The van der Waals surface area contributed by atoms with Gasteiger partial charge in [0.05, 0.1) is 6.54 Å². The first kappa shape index (κ1) is 13.1. The van der Waals surface area contributed by atoms with Gasteiger partial charge in [-0.05, 0) is 18.9 Å². The van der Waals surface area contributed by atoms with E-state index < -0.39 is 0 Å². The molecule has 0 aliphatic carbocycles. The van der Waals surface area contributed by atoms with Crippen LogP contribution in [0.5, 0.6) is 0 Å². The van der Waals surface area contributed by atoms with Crippen molar-refractivity contribution in [3.63, 3.8) is 0 Å². The average molecular weight is 292 g/mol. The van der Waals surface area contributed by atoms with Gasteiger partial charge in [0.2, 0.25) is 0 Å². The second-order valence-electron chi connectivity index (χ2n) is 4.60. The Labute approximate surface area is 121 Å². The van der Waals surface area contributed by atoms with Gasteiger partial charge in [-0.1, -0.05) is 0 Å². The second-order valence-corrected chi connectivity index (χ2v) is 5.48. The van der Waals surface area contributed by atoms with Crippen LogP contribution in [0.2, 0.25) is 0 Å². The van der Waals surface area contributed by atoms with Crippen LogP contribution in [-0.2, 0) is 16.1 Å². The molecule has 1 fully saturated rings. The molecule has 0 N–H and O–H groups in total. The molecule has 0 bridgehead atoms. The summed E-state index contributed by atoms with van der Waals surface area (Å²) in [5.41, 5.74) is 0. The summed E-state index contributed by atoms with van der Waals surface area (Å²) in [6, 6.07) is 1.65. The minimum atomic E-state index is -0.196. The zero-order valence-electron chi connectivity index (χ0n) is 11.0. The lowest BCUT2D eigenvalue weighted by Gasteiger charge is -2.22. The van der Waals surface area contributed by atoms with Gasteiger partial charge in [-0.25, -0.2) is 9.78 Å². The lowest BCUT2D eigenvalue weighted by Crippen LogP contribution is -2.37. The number of carbonyl (C=O) groups is 1. The molecule has 1 atom stereocenters. The van der Waals surface area contributed by atoms with Crippen molar-refractivity contribution in [2.24, 2.45) is 0 Å². The second kappa shape index (κ2) is 6.04. The topological polar surface area (TPSA) is 60.3 Å². The van der Waals surface area contributed by atoms with Crippen molar-refractivity contribution in [3.8, 4) is 0 Å². The molecule has 7 heteroatoms. The Morgan fingerprint density at radius 2 is 2.45 bits per heavy atom. The molecule has 1 saturated heterocycles. The third kappa shape index (κ3) is 2.82. The van der Waals surface area contributed by atoms with E-state index in [1.54, 1.807) is 28.4 Å². The van der Waals surface area contributed by atoms with Crippen LogP contribution in [0.25, 0.3) is 0 Å². The number of hydrogen-bond acceptors (Lipinski definition) is 6. The number of hydrogen-bond donors (Lipinski definition) is 0. The van der Waals surface area contributed by atoms with Gasteiger partial charge in [-0.15, -0.1) is 11.3 Å². The highest BCUT2D eigenvalue weighted by Crippen LogP contribution is 2.27. The largest absolute Gasteiger partial charge is 0.462 e. The molecule has 20 heavy (non-hydrogen) atoms. The van der Waals surface area contributed by atoms with Crippen molar-refractivity contribution in [2.75, 3.05) is 18.1 Å².